The second kappa shape index (κ2) is 6.48. The SMILES string of the molecule is CC1(C)C(C(=O)NCC[C@H]2CN(Cc3cnc[nH]3)CCO2)C1(C)C. The van der Waals surface area contributed by atoms with Crippen LogP contribution in [0.25, 0.3) is 0 Å². The van der Waals surface area contributed by atoms with Crippen molar-refractivity contribution < 1.29 is 9.53 Å². The summed E-state index contributed by atoms with van der Waals surface area (Å²) in [5, 5.41) is 3.11. The molecule has 134 valence electrons. The van der Waals surface area contributed by atoms with Gasteiger partial charge >= 0.3 is 0 Å². The number of rotatable bonds is 6. The molecule has 2 N–H and O–H groups in total. The van der Waals surface area contributed by atoms with Crippen LogP contribution in [-0.4, -0.2) is 53.1 Å². The normalized spacial score (nSPS) is 26.2. The van der Waals surface area contributed by atoms with Crippen molar-refractivity contribution in [3.8, 4) is 0 Å². The van der Waals surface area contributed by atoms with Gasteiger partial charge in [0.25, 0.3) is 0 Å². The standard InChI is InChI=1S/C18H30N4O2/c1-17(2)15(18(17,3)4)16(23)20-6-5-14-11-22(7-8-24-14)10-13-9-19-12-21-13/h9,12,14-15H,5-8,10-11H2,1-4H3,(H,19,21)(H,20,23)/t14-/m0/s1. The van der Waals surface area contributed by atoms with Crippen molar-refractivity contribution in [3.05, 3.63) is 18.2 Å². The molecular weight excluding hydrogens is 304 g/mol. The number of imidazole rings is 1. The highest BCUT2D eigenvalue weighted by Crippen LogP contribution is 2.68. The lowest BCUT2D eigenvalue weighted by atomic mass is 10.0. The first-order valence-corrected chi connectivity index (χ1v) is 8.91. The topological polar surface area (TPSA) is 70.2 Å². The number of H-pyrrole nitrogens is 1. The van der Waals surface area contributed by atoms with Crippen molar-refractivity contribution in [2.24, 2.45) is 16.7 Å². The number of carbonyl (C=O) groups is 1. The maximum absolute atomic E-state index is 12.4. The monoisotopic (exact) mass is 334 g/mol. The number of aromatic amines is 1. The maximum atomic E-state index is 12.4. The number of ether oxygens (including phenoxy) is 1. The summed E-state index contributed by atoms with van der Waals surface area (Å²) in [5.74, 6) is 0.310. The Balaban J connectivity index is 1.40. The van der Waals surface area contributed by atoms with E-state index < -0.39 is 0 Å². The smallest absolute Gasteiger partial charge is 0.224 e. The van der Waals surface area contributed by atoms with E-state index in [1.807, 2.05) is 6.20 Å². The Morgan fingerprint density at radius 3 is 2.79 bits per heavy atom. The number of nitrogens with one attached hydrogen (secondary N) is 2. The average Bonchev–Trinajstić information content (AvgIpc) is 2.86. The van der Waals surface area contributed by atoms with Crippen LogP contribution in [0, 0.1) is 16.7 Å². The molecule has 0 radical (unpaired) electrons. The Labute approximate surface area is 144 Å². The van der Waals surface area contributed by atoms with E-state index in [1.54, 1.807) is 6.33 Å². The van der Waals surface area contributed by atoms with Gasteiger partial charge < -0.3 is 15.0 Å². The molecule has 0 bridgehead atoms. The average molecular weight is 334 g/mol. The second-order valence-corrected chi connectivity index (χ2v) is 8.26. The first-order valence-electron chi connectivity index (χ1n) is 8.91. The van der Waals surface area contributed by atoms with Gasteiger partial charge in [-0.3, -0.25) is 9.69 Å². The van der Waals surface area contributed by atoms with E-state index in [0.717, 1.165) is 38.4 Å². The van der Waals surface area contributed by atoms with Crippen LogP contribution in [0.3, 0.4) is 0 Å². The summed E-state index contributed by atoms with van der Waals surface area (Å²) < 4.78 is 5.85. The van der Waals surface area contributed by atoms with E-state index in [-0.39, 0.29) is 28.8 Å². The third-order valence-corrected chi connectivity index (χ3v) is 6.22. The van der Waals surface area contributed by atoms with Crippen molar-refractivity contribution in [3.63, 3.8) is 0 Å². The maximum Gasteiger partial charge on any atom is 0.224 e. The van der Waals surface area contributed by atoms with Gasteiger partial charge in [0.15, 0.2) is 0 Å². The molecule has 1 aromatic heterocycles. The minimum Gasteiger partial charge on any atom is -0.375 e. The largest absolute Gasteiger partial charge is 0.375 e. The van der Waals surface area contributed by atoms with Crippen LogP contribution in [0.1, 0.15) is 39.8 Å². The van der Waals surface area contributed by atoms with Crippen molar-refractivity contribution in [2.45, 2.75) is 46.8 Å². The highest BCUT2D eigenvalue weighted by Gasteiger charge is 2.68. The Hall–Kier alpha value is -1.40. The predicted octanol–water partition coefficient (Wildman–Crippen LogP) is 1.80. The number of aromatic nitrogens is 2. The molecule has 2 fully saturated rings. The van der Waals surface area contributed by atoms with Crippen molar-refractivity contribution in [1.29, 1.82) is 0 Å². The molecule has 1 aliphatic carbocycles. The Morgan fingerprint density at radius 1 is 1.42 bits per heavy atom. The van der Waals surface area contributed by atoms with E-state index in [1.165, 1.54) is 0 Å². The van der Waals surface area contributed by atoms with E-state index in [0.29, 0.717) is 6.54 Å². The minimum absolute atomic E-state index is 0.0965. The first kappa shape index (κ1) is 17.4. The zero-order chi connectivity index (χ0) is 17.4. The summed E-state index contributed by atoms with van der Waals surface area (Å²) in [5.41, 5.74) is 1.32. The van der Waals surface area contributed by atoms with Crippen molar-refractivity contribution >= 4 is 5.91 Å². The van der Waals surface area contributed by atoms with E-state index in [4.69, 9.17) is 4.74 Å². The molecule has 6 nitrogen and oxygen atoms in total. The summed E-state index contributed by atoms with van der Waals surface area (Å²) in [6.07, 6.45) is 4.62. The molecule has 0 unspecified atom stereocenters. The summed E-state index contributed by atoms with van der Waals surface area (Å²) in [6.45, 7) is 12.8. The number of hydrogen-bond donors (Lipinski definition) is 2. The Bertz CT molecular complexity index is 554. The lowest BCUT2D eigenvalue weighted by Gasteiger charge is -2.32. The number of morpholine rings is 1. The van der Waals surface area contributed by atoms with Gasteiger partial charge in [0.2, 0.25) is 5.91 Å². The van der Waals surface area contributed by atoms with Crippen LogP contribution < -0.4 is 5.32 Å². The third kappa shape index (κ3) is 3.35. The number of hydrogen-bond acceptors (Lipinski definition) is 4. The van der Waals surface area contributed by atoms with E-state index in [2.05, 4.69) is 47.9 Å². The van der Waals surface area contributed by atoms with Gasteiger partial charge in [-0.15, -0.1) is 0 Å². The third-order valence-electron chi connectivity index (χ3n) is 6.22. The fraction of sp³-hybridized carbons (Fsp3) is 0.778. The van der Waals surface area contributed by atoms with Crippen LogP contribution in [0.4, 0.5) is 0 Å². The van der Waals surface area contributed by atoms with E-state index in [9.17, 15) is 4.79 Å². The van der Waals surface area contributed by atoms with Crippen LogP contribution in [0.2, 0.25) is 0 Å². The van der Waals surface area contributed by atoms with Crippen LogP contribution >= 0.6 is 0 Å². The zero-order valence-electron chi connectivity index (χ0n) is 15.3. The van der Waals surface area contributed by atoms with Gasteiger partial charge in [-0.2, -0.15) is 0 Å². The van der Waals surface area contributed by atoms with Gasteiger partial charge in [0, 0.05) is 44.0 Å². The van der Waals surface area contributed by atoms with E-state index >= 15 is 0 Å². The minimum atomic E-state index is 0.0965. The molecule has 1 amide bonds. The summed E-state index contributed by atoms with van der Waals surface area (Å²) >= 11 is 0. The van der Waals surface area contributed by atoms with Crippen LogP contribution in [0.5, 0.6) is 0 Å². The highest BCUT2D eigenvalue weighted by atomic mass is 16.5. The Kier molecular flexibility index (Phi) is 4.71. The van der Waals surface area contributed by atoms with Gasteiger partial charge in [0.1, 0.15) is 0 Å². The van der Waals surface area contributed by atoms with Crippen molar-refractivity contribution in [1.82, 2.24) is 20.2 Å². The molecule has 1 saturated heterocycles. The zero-order valence-corrected chi connectivity index (χ0v) is 15.3. The molecule has 1 aliphatic heterocycles. The molecule has 2 heterocycles. The van der Waals surface area contributed by atoms with Crippen molar-refractivity contribution in [2.75, 3.05) is 26.2 Å². The summed E-state index contributed by atoms with van der Waals surface area (Å²) in [4.78, 5) is 22.0. The fourth-order valence-electron chi connectivity index (χ4n) is 4.02. The molecule has 0 spiro atoms. The van der Waals surface area contributed by atoms with Crippen LogP contribution in [0.15, 0.2) is 12.5 Å². The number of carbonyl (C=O) groups excluding carboxylic acids is 1. The highest BCUT2D eigenvalue weighted by molar-refractivity contribution is 5.84. The molecular formula is C18H30N4O2. The fourth-order valence-corrected chi connectivity index (χ4v) is 4.02. The van der Waals surface area contributed by atoms with Gasteiger partial charge in [-0.1, -0.05) is 27.7 Å². The van der Waals surface area contributed by atoms with Gasteiger partial charge in [0.05, 0.1) is 19.0 Å². The first-order chi connectivity index (χ1) is 11.3. The molecule has 1 atom stereocenters. The molecule has 1 saturated carbocycles. The number of amides is 1. The predicted molar refractivity (Wildman–Crippen MR) is 92.3 cm³/mol. The lowest BCUT2D eigenvalue weighted by molar-refractivity contribution is -0.123. The Morgan fingerprint density at radius 2 is 2.17 bits per heavy atom. The molecule has 2 aliphatic rings. The summed E-state index contributed by atoms with van der Waals surface area (Å²) in [6, 6.07) is 0. The molecule has 0 aromatic carbocycles. The molecule has 24 heavy (non-hydrogen) atoms. The van der Waals surface area contributed by atoms with Gasteiger partial charge in [-0.05, 0) is 17.3 Å². The number of nitrogens with zero attached hydrogens (tertiary/aromatic N) is 2. The molecule has 1 aromatic rings. The second-order valence-electron chi connectivity index (χ2n) is 8.26. The van der Waals surface area contributed by atoms with Crippen LogP contribution in [-0.2, 0) is 16.1 Å². The van der Waals surface area contributed by atoms with Gasteiger partial charge in [-0.25, -0.2) is 4.98 Å². The molecule has 6 heteroatoms. The lowest BCUT2D eigenvalue weighted by Crippen LogP contribution is -2.43. The molecule has 3 rings (SSSR count). The summed E-state index contributed by atoms with van der Waals surface area (Å²) in [7, 11) is 0. The quantitative estimate of drug-likeness (QED) is 0.832.